The molecule has 0 radical (unpaired) electrons. The zero-order valence-electron chi connectivity index (χ0n) is 10.5. The number of carbonyl (C=O) groups is 1. The smallest absolute Gasteiger partial charge is 0.326 e. The van der Waals surface area contributed by atoms with Crippen LogP contribution in [0.2, 0.25) is 0 Å². The van der Waals surface area contributed by atoms with Crippen molar-refractivity contribution in [1.82, 2.24) is 5.09 Å². The summed E-state index contributed by atoms with van der Waals surface area (Å²) >= 11 is 1.23. The van der Waals surface area contributed by atoms with E-state index in [0.29, 0.717) is 10.4 Å². The van der Waals surface area contributed by atoms with Gasteiger partial charge in [-0.2, -0.15) is 0 Å². The quantitative estimate of drug-likeness (QED) is 0.714. The van der Waals surface area contributed by atoms with E-state index in [0.717, 1.165) is 0 Å². The molecule has 106 valence electrons. The lowest BCUT2D eigenvalue weighted by molar-refractivity contribution is -0.139. The summed E-state index contributed by atoms with van der Waals surface area (Å²) in [4.78, 5) is 21.7. The van der Waals surface area contributed by atoms with E-state index >= 15 is 0 Å². The van der Waals surface area contributed by atoms with E-state index in [2.05, 4.69) is 5.09 Å². The van der Waals surface area contributed by atoms with Gasteiger partial charge >= 0.3 is 5.97 Å². The van der Waals surface area contributed by atoms with Gasteiger partial charge in [-0.15, -0.1) is 11.3 Å². The molecule has 20 heavy (non-hydrogen) atoms. The molecule has 1 aromatic heterocycles. The van der Waals surface area contributed by atoms with E-state index in [1.165, 1.54) is 11.3 Å². The van der Waals surface area contributed by atoms with Crippen molar-refractivity contribution in [2.75, 3.05) is 0 Å². The van der Waals surface area contributed by atoms with Gasteiger partial charge in [0.05, 0.1) is 6.16 Å². The van der Waals surface area contributed by atoms with Crippen molar-refractivity contribution in [1.29, 1.82) is 0 Å². The summed E-state index contributed by atoms with van der Waals surface area (Å²) < 4.78 is 12.2. The van der Waals surface area contributed by atoms with Crippen LogP contribution in [0.25, 0.3) is 0 Å². The molecule has 7 heteroatoms. The van der Waals surface area contributed by atoms with Crippen LogP contribution < -0.4 is 5.09 Å². The van der Waals surface area contributed by atoms with E-state index in [4.69, 9.17) is 0 Å². The van der Waals surface area contributed by atoms with Crippen molar-refractivity contribution in [3.63, 3.8) is 0 Å². The molecule has 0 aliphatic heterocycles. The highest BCUT2D eigenvalue weighted by molar-refractivity contribution is 7.55. The molecule has 2 atom stereocenters. The van der Waals surface area contributed by atoms with Crippen LogP contribution in [0.5, 0.6) is 0 Å². The minimum atomic E-state index is -3.79. The van der Waals surface area contributed by atoms with Gasteiger partial charge in [0.2, 0.25) is 0 Å². The highest BCUT2D eigenvalue weighted by Gasteiger charge is 2.29. The molecule has 0 saturated carbocycles. The molecule has 0 spiro atoms. The lowest BCUT2D eigenvalue weighted by Crippen LogP contribution is -2.26. The van der Waals surface area contributed by atoms with Crippen LogP contribution >= 0.6 is 18.9 Å². The second-order valence-electron chi connectivity index (χ2n) is 4.26. The Morgan fingerprint density at radius 3 is 2.50 bits per heavy atom. The third-order valence-electron chi connectivity index (χ3n) is 2.65. The first-order valence-electron chi connectivity index (χ1n) is 5.88. The fourth-order valence-corrected chi connectivity index (χ4v) is 4.08. The van der Waals surface area contributed by atoms with E-state index < -0.39 is 19.5 Å². The third-order valence-corrected chi connectivity index (χ3v) is 5.04. The Kier molecular flexibility index (Phi) is 4.73. The number of benzene rings is 1. The van der Waals surface area contributed by atoms with Crippen molar-refractivity contribution in [2.45, 2.75) is 12.2 Å². The fourth-order valence-electron chi connectivity index (χ4n) is 1.77. The molecule has 0 fully saturated rings. The summed E-state index contributed by atoms with van der Waals surface area (Å²) in [5.74, 6) is -1.17. The molecule has 1 aromatic carbocycles. The summed E-state index contributed by atoms with van der Waals surface area (Å²) in [6, 6.07) is 11.0. The maximum Gasteiger partial charge on any atom is 0.326 e. The Morgan fingerprint density at radius 2 is 1.95 bits per heavy atom. The third kappa shape index (κ3) is 4.02. The number of carboxylic acid groups (broad SMARTS) is 1. The number of thiophene rings is 1. The number of nitrogens with one attached hydrogen (secondary N) is 1. The molecule has 0 bridgehead atoms. The summed E-state index contributed by atoms with van der Waals surface area (Å²) in [5.41, 5.74) is 0.682. The predicted molar refractivity (Wildman–Crippen MR) is 77.8 cm³/mol. The van der Waals surface area contributed by atoms with Crippen LogP contribution in [0.1, 0.15) is 16.5 Å². The van der Waals surface area contributed by atoms with Gasteiger partial charge in [-0.3, -0.25) is 9.36 Å². The first kappa shape index (κ1) is 14.9. The van der Waals surface area contributed by atoms with Gasteiger partial charge in [-0.05, 0) is 17.0 Å². The van der Waals surface area contributed by atoms with Crippen LogP contribution in [0.15, 0.2) is 47.8 Å². The molecule has 2 aromatic rings. The average Bonchev–Trinajstić information content (AvgIpc) is 2.90. The lowest BCUT2D eigenvalue weighted by Gasteiger charge is -2.18. The minimum absolute atomic E-state index is 0.108. The second-order valence-corrected chi connectivity index (χ2v) is 7.22. The van der Waals surface area contributed by atoms with E-state index in [9.17, 15) is 19.4 Å². The Labute approximate surface area is 120 Å². The summed E-state index contributed by atoms with van der Waals surface area (Å²) in [6.45, 7) is 0. The molecule has 0 aliphatic rings. The summed E-state index contributed by atoms with van der Waals surface area (Å²) in [5, 5.41) is 13.3. The molecular weight excluding hydrogens is 297 g/mol. The summed E-state index contributed by atoms with van der Waals surface area (Å²) in [7, 11) is -3.79. The Bertz CT molecular complexity index is 615. The average molecular weight is 311 g/mol. The standard InChI is InChI=1S/C13H14NO4PS/c15-13(16)12(11-7-4-8-20-11)14-19(17,18)9-10-5-2-1-3-6-10/h1-8,12H,9H2,(H,15,16)(H2,14,17,18). The SMILES string of the molecule is O=C(O)C(NP(=O)(O)Cc1ccccc1)c1cccs1. The van der Waals surface area contributed by atoms with Gasteiger partial charge in [-0.1, -0.05) is 36.4 Å². The largest absolute Gasteiger partial charge is 0.480 e. The van der Waals surface area contributed by atoms with Crippen LogP contribution in [-0.2, 0) is 15.5 Å². The zero-order valence-corrected chi connectivity index (χ0v) is 12.2. The number of rotatable bonds is 6. The summed E-state index contributed by atoms with van der Waals surface area (Å²) in [6.07, 6.45) is -0.108. The van der Waals surface area contributed by atoms with Gasteiger partial charge in [0.1, 0.15) is 6.04 Å². The van der Waals surface area contributed by atoms with Gasteiger partial charge < -0.3 is 10.00 Å². The number of aliphatic carboxylic acids is 1. The zero-order chi connectivity index (χ0) is 14.6. The first-order valence-corrected chi connectivity index (χ1v) is 8.60. The second kappa shape index (κ2) is 6.33. The topological polar surface area (TPSA) is 86.6 Å². The van der Waals surface area contributed by atoms with Crippen molar-refractivity contribution < 1.29 is 19.4 Å². The van der Waals surface area contributed by atoms with E-state index in [1.54, 1.807) is 41.8 Å². The van der Waals surface area contributed by atoms with Crippen LogP contribution in [0.3, 0.4) is 0 Å². The Morgan fingerprint density at radius 1 is 1.25 bits per heavy atom. The van der Waals surface area contributed by atoms with Gasteiger partial charge in [0, 0.05) is 4.88 Å². The maximum absolute atomic E-state index is 12.2. The van der Waals surface area contributed by atoms with Crippen LogP contribution in [0.4, 0.5) is 0 Å². The molecule has 2 rings (SSSR count). The highest BCUT2D eigenvalue weighted by atomic mass is 32.1. The van der Waals surface area contributed by atoms with Crippen molar-refractivity contribution >= 4 is 24.8 Å². The molecule has 0 saturated heterocycles. The lowest BCUT2D eigenvalue weighted by atomic mass is 10.2. The maximum atomic E-state index is 12.2. The highest BCUT2D eigenvalue weighted by Crippen LogP contribution is 2.43. The monoisotopic (exact) mass is 311 g/mol. The molecule has 0 amide bonds. The Hall–Kier alpha value is -1.46. The molecule has 1 heterocycles. The molecule has 0 aliphatic carbocycles. The minimum Gasteiger partial charge on any atom is -0.480 e. The van der Waals surface area contributed by atoms with Crippen LogP contribution in [0, 0.1) is 0 Å². The fraction of sp³-hybridized carbons (Fsp3) is 0.154. The molecular formula is C13H14NO4PS. The number of hydrogen-bond donors (Lipinski definition) is 3. The normalized spacial score (nSPS) is 15.4. The molecule has 2 unspecified atom stereocenters. The molecule has 3 N–H and O–H groups in total. The predicted octanol–water partition coefficient (Wildman–Crippen LogP) is 2.85. The van der Waals surface area contributed by atoms with Gasteiger partial charge in [0.25, 0.3) is 7.52 Å². The van der Waals surface area contributed by atoms with E-state index in [1.807, 2.05) is 6.07 Å². The van der Waals surface area contributed by atoms with Crippen molar-refractivity contribution in [3.8, 4) is 0 Å². The molecule has 5 nitrogen and oxygen atoms in total. The van der Waals surface area contributed by atoms with Gasteiger partial charge in [0.15, 0.2) is 0 Å². The van der Waals surface area contributed by atoms with Crippen LogP contribution in [-0.4, -0.2) is 16.0 Å². The van der Waals surface area contributed by atoms with Crippen molar-refractivity contribution in [3.05, 3.63) is 58.3 Å². The number of carboxylic acids is 1. The first-order chi connectivity index (χ1) is 9.48. The Balaban J connectivity index is 2.13. The van der Waals surface area contributed by atoms with Crippen molar-refractivity contribution in [2.24, 2.45) is 0 Å². The van der Waals surface area contributed by atoms with E-state index in [-0.39, 0.29) is 6.16 Å². The van der Waals surface area contributed by atoms with Gasteiger partial charge in [-0.25, -0.2) is 5.09 Å². The number of hydrogen-bond acceptors (Lipinski definition) is 3.